The minimum absolute atomic E-state index is 0.0340. The highest BCUT2D eigenvalue weighted by Crippen LogP contribution is 2.37. The highest BCUT2D eigenvalue weighted by Gasteiger charge is 2.50. The van der Waals surface area contributed by atoms with Gasteiger partial charge in [0.15, 0.2) is 5.78 Å². The van der Waals surface area contributed by atoms with Crippen LogP contribution in [0.2, 0.25) is 0 Å². The molecule has 0 bridgehead atoms. The number of para-hydroxylation sites is 1. The number of piperidine rings is 1. The number of nitrogens with zero attached hydrogens (tertiary/aromatic N) is 2. The van der Waals surface area contributed by atoms with Crippen LogP contribution in [-0.4, -0.2) is 52.9 Å². The van der Waals surface area contributed by atoms with Gasteiger partial charge in [-0.3, -0.25) is 10.1 Å². The first-order chi connectivity index (χ1) is 15.1. The molecule has 7 heteroatoms. The number of amides is 3. The highest BCUT2D eigenvalue weighted by molar-refractivity contribution is 6.09. The Morgan fingerprint density at radius 3 is 2.31 bits per heavy atom. The van der Waals surface area contributed by atoms with Gasteiger partial charge in [0.05, 0.1) is 18.8 Å². The van der Waals surface area contributed by atoms with Crippen LogP contribution in [0.1, 0.15) is 40.5 Å². The predicted molar refractivity (Wildman–Crippen MR) is 116 cm³/mol. The van der Waals surface area contributed by atoms with E-state index >= 15 is 0 Å². The standard InChI is InChI=1S/C25H26FN3O3/c1-25(22(30)18-8-10-19(26)11-9-18)12-14-28(2,15-13-25)16-17-29(3)23(31)20-6-4-5-7-21(20)27-24(29)32/h2-11H,12-17H2,1H3,(H,27,32)/q+2. The lowest BCUT2D eigenvalue weighted by Gasteiger charge is -2.44. The van der Waals surface area contributed by atoms with Gasteiger partial charge in [0, 0.05) is 23.8 Å². The Kier molecular flexibility index (Phi) is 5.51. The second-order valence-electron chi connectivity index (χ2n) is 9.16. The number of carbonyl (C=O) groups excluding carboxylic acids is 3. The molecule has 164 valence electrons. The molecule has 2 heterocycles. The van der Waals surface area contributed by atoms with Crippen molar-refractivity contribution in [1.82, 2.24) is 0 Å². The zero-order valence-electron chi connectivity index (χ0n) is 18.0. The fourth-order valence-electron chi connectivity index (χ4n) is 4.44. The van der Waals surface area contributed by atoms with Gasteiger partial charge >= 0.3 is 11.9 Å². The van der Waals surface area contributed by atoms with Crippen LogP contribution in [0.5, 0.6) is 0 Å². The lowest BCUT2D eigenvalue weighted by molar-refractivity contribution is -0.908. The molecule has 0 spiro atoms. The number of fused-ring (bicyclic) bond motifs is 1. The topological polar surface area (TPSA) is 63.2 Å². The number of anilines is 1. The summed E-state index contributed by atoms with van der Waals surface area (Å²) in [5, 5.41) is 2.70. The van der Waals surface area contributed by atoms with Crippen molar-refractivity contribution >= 4 is 23.4 Å². The minimum Gasteiger partial charge on any atom is -0.306 e. The Bertz CT molecular complexity index is 1070. The molecular formula is C25H26FN3O3+2. The number of ketones is 1. The van der Waals surface area contributed by atoms with Crippen LogP contribution in [0, 0.1) is 25.3 Å². The number of hydrogen-bond acceptors (Lipinski definition) is 3. The van der Waals surface area contributed by atoms with Crippen LogP contribution in [-0.2, 0) is 0 Å². The SMILES string of the molecule is [CH][N+]1(CC[N+]2([CH])C(=O)Nc3ccccc3C2=O)CCC(C)(C(=O)c2ccc(F)cc2)CC1. The van der Waals surface area contributed by atoms with E-state index in [1.807, 2.05) is 6.92 Å². The zero-order valence-corrected chi connectivity index (χ0v) is 18.0. The van der Waals surface area contributed by atoms with E-state index in [9.17, 15) is 18.8 Å². The molecule has 1 saturated heterocycles. The number of nitrogens with one attached hydrogen (secondary N) is 1. The third-order valence-electron chi connectivity index (χ3n) is 6.89. The van der Waals surface area contributed by atoms with Crippen molar-refractivity contribution < 1.29 is 27.7 Å². The summed E-state index contributed by atoms with van der Waals surface area (Å²) in [6.45, 7) is 3.24. The van der Waals surface area contributed by atoms with Crippen LogP contribution in [0.3, 0.4) is 0 Å². The van der Waals surface area contributed by atoms with E-state index in [1.165, 1.54) is 24.3 Å². The number of quaternary nitrogens is 2. The van der Waals surface area contributed by atoms with Gasteiger partial charge in [-0.05, 0) is 36.4 Å². The third-order valence-corrected chi connectivity index (χ3v) is 6.89. The summed E-state index contributed by atoms with van der Waals surface area (Å²) in [6.07, 6.45) is 1.07. The number of urea groups is 1. The van der Waals surface area contributed by atoms with Crippen molar-refractivity contribution in [2.75, 3.05) is 31.5 Å². The van der Waals surface area contributed by atoms with E-state index < -0.39 is 21.8 Å². The van der Waals surface area contributed by atoms with Crippen molar-refractivity contribution in [3.8, 4) is 0 Å². The molecule has 2 aliphatic rings. The summed E-state index contributed by atoms with van der Waals surface area (Å²) in [5.41, 5.74) is 0.692. The summed E-state index contributed by atoms with van der Waals surface area (Å²) >= 11 is 0. The molecule has 4 rings (SSSR count). The Hall–Kier alpha value is -2.90. The van der Waals surface area contributed by atoms with Crippen LogP contribution >= 0.6 is 0 Å². The van der Waals surface area contributed by atoms with Gasteiger partial charge in [-0.1, -0.05) is 19.1 Å². The number of imide groups is 1. The molecule has 1 fully saturated rings. The van der Waals surface area contributed by atoms with Crippen LogP contribution in [0.15, 0.2) is 48.5 Å². The first-order valence-electron chi connectivity index (χ1n) is 10.6. The number of carbonyl (C=O) groups is 3. The third kappa shape index (κ3) is 3.87. The molecule has 6 nitrogen and oxygen atoms in total. The van der Waals surface area contributed by atoms with Crippen molar-refractivity contribution in [2.24, 2.45) is 5.41 Å². The van der Waals surface area contributed by atoms with Gasteiger partial charge in [0.1, 0.15) is 24.5 Å². The molecular weight excluding hydrogens is 409 g/mol. The predicted octanol–water partition coefficient (Wildman–Crippen LogP) is 4.17. The second-order valence-corrected chi connectivity index (χ2v) is 9.16. The second kappa shape index (κ2) is 7.90. The summed E-state index contributed by atoms with van der Waals surface area (Å²) < 4.78 is 12.4. The quantitative estimate of drug-likeness (QED) is 0.567. The Balaban J connectivity index is 1.43. The summed E-state index contributed by atoms with van der Waals surface area (Å²) in [5.74, 6) is -0.886. The molecule has 2 aromatic carbocycles. The van der Waals surface area contributed by atoms with Crippen molar-refractivity contribution in [3.05, 3.63) is 79.6 Å². The van der Waals surface area contributed by atoms with E-state index in [-0.39, 0.29) is 22.6 Å². The molecule has 2 aromatic rings. The van der Waals surface area contributed by atoms with Crippen molar-refractivity contribution in [1.29, 1.82) is 0 Å². The number of benzene rings is 2. The maximum Gasteiger partial charge on any atom is 0.429 e. The van der Waals surface area contributed by atoms with Gasteiger partial charge in [-0.2, -0.15) is 4.48 Å². The number of likely N-dealkylation sites (tertiary alicyclic amines) is 1. The van der Waals surface area contributed by atoms with Gasteiger partial charge in [-0.25, -0.2) is 14.0 Å². The summed E-state index contributed by atoms with van der Waals surface area (Å²) in [6, 6.07) is 11.7. The first-order valence-corrected chi connectivity index (χ1v) is 10.6. The zero-order chi connectivity index (χ0) is 23.1. The van der Waals surface area contributed by atoms with E-state index in [0.717, 1.165) is 0 Å². The normalized spacial score (nSPS) is 29.9. The lowest BCUT2D eigenvalue weighted by atomic mass is 9.74. The smallest absolute Gasteiger partial charge is 0.306 e. The molecule has 3 amide bonds. The van der Waals surface area contributed by atoms with Crippen LogP contribution in [0.4, 0.5) is 14.9 Å². The molecule has 32 heavy (non-hydrogen) atoms. The molecule has 1 N–H and O–H groups in total. The van der Waals surface area contributed by atoms with E-state index in [4.69, 9.17) is 14.1 Å². The van der Waals surface area contributed by atoms with Crippen molar-refractivity contribution in [2.45, 2.75) is 19.8 Å². The van der Waals surface area contributed by atoms with Gasteiger partial charge in [0.2, 0.25) is 14.1 Å². The van der Waals surface area contributed by atoms with E-state index in [0.29, 0.717) is 49.3 Å². The number of hydrogen-bond donors (Lipinski definition) is 1. The molecule has 1 unspecified atom stereocenters. The number of Topliss-reactive ketones (excluding diaryl/α,β-unsaturated/α-hetero) is 1. The molecule has 2 aliphatic heterocycles. The maximum atomic E-state index is 13.2. The van der Waals surface area contributed by atoms with Crippen LogP contribution < -0.4 is 5.32 Å². The average Bonchev–Trinajstić information content (AvgIpc) is 2.79. The van der Waals surface area contributed by atoms with Gasteiger partial charge in [-0.15, -0.1) is 0 Å². The molecule has 4 radical (unpaired) electrons. The van der Waals surface area contributed by atoms with Crippen LogP contribution in [0.25, 0.3) is 0 Å². The Labute approximate surface area is 187 Å². The maximum absolute atomic E-state index is 13.2. The average molecular weight is 435 g/mol. The molecule has 0 aromatic heterocycles. The largest absolute Gasteiger partial charge is 0.429 e. The fraction of sp³-hybridized carbons (Fsp3) is 0.320. The van der Waals surface area contributed by atoms with E-state index in [2.05, 4.69) is 5.32 Å². The molecule has 0 aliphatic carbocycles. The molecule has 1 atom stereocenters. The lowest BCUT2D eigenvalue weighted by Crippen LogP contribution is -2.62. The number of halogens is 1. The first kappa shape index (κ1) is 22.3. The highest BCUT2D eigenvalue weighted by atomic mass is 19.1. The Morgan fingerprint density at radius 1 is 1.03 bits per heavy atom. The summed E-state index contributed by atoms with van der Waals surface area (Å²) in [7, 11) is 12.8. The Morgan fingerprint density at radius 2 is 1.66 bits per heavy atom. The minimum atomic E-state index is -0.889. The van der Waals surface area contributed by atoms with Crippen molar-refractivity contribution in [3.63, 3.8) is 0 Å². The molecule has 0 saturated carbocycles. The monoisotopic (exact) mass is 435 g/mol. The fourth-order valence-corrected chi connectivity index (χ4v) is 4.44. The van der Waals surface area contributed by atoms with Gasteiger partial charge < -0.3 is 4.48 Å². The van der Waals surface area contributed by atoms with E-state index in [1.54, 1.807) is 24.3 Å². The number of rotatable bonds is 5. The summed E-state index contributed by atoms with van der Waals surface area (Å²) in [4.78, 5) is 38.6. The van der Waals surface area contributed by atoms with Gasteiger partial charge in [0.25, 0.3) is 0 Å².